The van der Waals surface area contributed by atoms with Crippen LogP contribution in [0.15, 0.2) is 77.0 Å². The summed E-state index contributed by atoms with van der Waals surface area (Å²) in [6.45, 7) is 10.7. The average molecular weight is 422 g/mol. The first-order chi connectivity index (χ1) is 14.8. The molecular formula is C24H26N2O5. The number of carbonyl (C=O) groups excluding carboxylic acids is 2. The maximum atomic E-state index is 11.4. The van der Waals surface area contributed by atoms with Gasteiger partial charge in [0.15, 0.2) is 0 Å². The van der Waals surface area contributed by atoms with Gasteiger partial charge in [0.25, 0.3) is 0 Å². The van der Waals surface area contributed by atoms with Gasteiger partial charge >= 0.3 is 11.9 Å². The van der Waals surface area contributed by atoms with Crippen molar-refractivity contribution in [3.05, 3.63) is 77.9 Å². The number of nitrogens with zero attached hydrogens (tertiary/aromatic N) is 2. The highest BCUT2D eigenvalue weighted by Gasteiger charge is 2.06. The van der Waals surface area contributed by atoms with Crippen LogP contribution in [0.1, 0.15) is 25.0 Å². The number of phenolic OH excluding ortho intramolecular Hbond substituents is 1. The number of ether oxygens (including phenoxy) is 2. The molecule has 1 N–H and O–H groups in total. The van der Waals surface area contributed by atoms with E-state index in [0.29, 0.717) is 35.4 Å². The molecule has 0 fully saturated rings. The van der Waals surface area contributed by atoms with Crippen LogP contribution < -0.4 is 0 Å². The summed E-state index contributed by atoms with van der Waals surface area (Å²) < 4.78 is 10.2. The molecule has 0 aliphatic carbocycles. The van der Waals surface area contributed by atoms with Crippen molar-refractivity contribution in [1.82, 2.24) is 0 Å². The van der Waals surface area contributed by atoms with Gasteiger partial charge in [0.2, 0.25) is 0 Å². The maximum Gasteiger partial charge on any atom is 0.333 e. The lowest BCUT2D eigenvalue weighted by Crippen LogP contribution is -2.07. The number of hydrogen-bond donors (Lipinski definition) is 1. The Hall–Kier alpha value is -3.74. The van der Waals surface area contributed by atoms with Gasteiger partial charge in [-0.1, -0.05) is 31.4 Å². The summed E-state index contributed by atoms with van der Waals surface area (Å²) in [5.74, 6) is -0.833. The van der Waals surface area contributed by atoms with Crippen LogP contribution in [0, 0.1) is 0 Å². The molecule has 2 aromatic carbocycles. The Balaban J connectivity index is 1.93. The van der Waals surface area contributed by atoms with Gasteiger partial charge in [0.1, 0.15) is 11.4 Å². The summed E-state index contributed by atoms with van der Waals surface area (Å²) in [7, 11) is 0. The first kappa shape index (κ1) is 23.5. The van der Waals surface area contributed by atoms with Crippen LogP contribution in [0.3, 0.4) is 0 Å². The lowest BCUT2D eigenvalue weighted by molar-refractivity contribution is -0.139. The van der Waals surface area contributed by atoms with Crippen LogP contribution in [0.4, 0.5) is 11.4 Å². The van der Waals surface area contributed by atoms with Crippen molar-refractivity contribution in [1.29, 1.82) is 0 Å². The number of benzene rings is 2. The number of azo groups is 1. The lowest BCUT2D eigenvalue weighted by Gasteiger charge is -2.06. The summed E-state index contributed by atoms with van der Waals surface area (Å²) in [5, 5.41) is 18.3. The fraction of sp³-hybridized carbons (Fsp3) is 0.250. The Morgan fingerprint density at radius 1 is 0.839 bits per heavy atom. The van der Waals surface area contributed by atoms with Gasteiger partial charge in [-0.15, -0.1) is 5.11 Å². The van der Waals surface area contributed by atoms with Crippen molar-refractivity contribution in [3.8, 4) is 5.75 Å². The molecule has 31 heavy (non-hydrogen) atoms. The minimum Gasteiger partial charge on any atom is -0.506 e. The molecule has 0 bridgehead atoms. The van der Waals surface area contributed by atoms with Gasteiger partial charge in [-0.25, -0.2) is 9.59 Å². The molecule has 0 atom stereocenters. The van der Waals surface area contributed by atoms with Crippen molar-refractivity contribution in [3.63, 3.8) is 0 Å². The van der Waals surface area contributed by atoms with E-state index < -0.39 is 11.9 Å². The van der Waals surface area contributed by atoms with E-state index >= 15 is 0 Å². The number of phenols is 1. The zero-order chi connectivity index (χ0) is 22.8. The van der Waals surface area contributed by atoms with Gasteiger partial charge < -0.3 is 14.6 Å². The second kappa shape index (κ2) is 11.4. The third-order valence-corrected chi connectivity index (χ3v) is 4.19. The van der Waals surface area contributed by atoms with Crippen LogP contribution in [0.25, 0.3) is 0 Å². The first-order valence-corrected chi connectivity index (χ1v) is 9.74. The predicted octanol–water partition coefficient (Wildman–Crippen LogP) is 5.13. The molecule has 0 heterocycles. The van der Waals surface area contributed by atoms with Gasteiger partial charge in [-0.2, -0.15) is 5.11 Å². The Morgan fingerprint density at radius 2 is 1.35 bits per heavy atom. The molecule has 2 rings (SSSR count). The van der Waals surface area contributed by atoms with Crippen LogP contribution in [0.5, 0.6) is 5.75 Å². The van der Waals surface area contributed by atoms with E-state index in [9.17, 15) is 14.7 Å². The number of carbonyl (C=O) groups is 2. The van der Waals surface area contributed by atoms with Crippen LogP contribution in [-0.2, 0) is 31.9 Å². The molecule has 0 amide bonds. The quantitative estimate of drug-likeness (QED) is 0.325. The highest BCUT2D eigenvalue weighted by atomic mass is 16.5. The zero-order valence-corrected chi connectivity index (χ0v) is 17.8. The van der Waals surface area contributed by atoms with E-state index in [2.05, 4.69) is 23.4 Å². The minimum absolute atomic E-state index is 0.00220. The van der Waals surface area contributed by atoms with Crippen molar-refractivity contribution in [2.75, 3.05) is 13.2 Å². The van der Waals surface area contributed by atoms with Gasteiger partial charge in [0, 0.05) is 24.0 Å². The molecule has 162 valence electrons. The molecule has 7 nitrogen and oxygen atoms in total. The molecule has 0 aliphatic rings. The largest absolute Gasteiger partial charge is 0.506 e. The fourth-order valence-corrected chi connectivity index (χ4v) is 2.42. The Bertz CT molecular complexity index is 994. The zero-order valence-electron chi connectivity index (χ0n) is 17.8. The molecule has 2 aromatic rings. The highest BCUT2D eigenvalue weighted by molar-refractivity contribution is 5.87. The molecule has 0 aromatic heterocycles. The fourth-order valence-electron chi connectivity index (χ4n) is 2.42. The molecule has 0 radical (unpaired) electrons. The number of rotatable bonds is 10. The Labute approximate surface area is 181 Å². The number of aromatic hydroxyl groups is 1. The molecule has 0 saturated heterocycles. The lowest BCUT2D eigenvalue weighted by atomic mass is 10.1. The summed E-state index contributed by atoms with van der Waals surface area (Å²) >= 11 is 0. The second-order valence-corrected chi connectivity index (χ2v) is 7.02. The highest BCUT2D eigenvalue weighted by Crippen LogP contribution is 2.29. The molecule has 0 aliphatic heterocycles. The standard InChI is InChI=1S/C24H26N2O5/c1-16(2)23(28)30-13-11-18-5-8-20(9-6-18)25-26-21-15-19(7-10-22(21)27)12-14-31-24(29)17(3)4/h5-10,15,27H,1,3,11-14H2,2,4H3. The second-order valence-electron chi connectivity index (χ2n) is 7.02. The van der Waals surface area contributed by atoms with E-state index in [0.717, 1.165) is 11.1 Å². The third-order valence-electron chi connectivity index (χ3n) is 4.19. The smallest absolute Gasteiger partial charge is 0.333 e. The van der Waals surface area contributed by atoms with Crippen molar-refractivity contribution < 1.29 is 24.2 Å². The van der Waals surface area contributed by atoms with E-state index in [1.165, 1.54) is 6.07 Å². The number of hydrogen-bond acceptors (Lipinski definition) is 7. The van der Waals surface area contributed by atoms with E-state index in [4.69, 9.17) is 9.47 Å². The summed E-state index contributed by atoms with van der Waals surface area (Å²) in [5.41, 5.74) is 3.49. The SMILES string of the molecule is C=C(C)C(=O)OCCc1ccc(N=Nc2cc(CCOC(=O)C(=C)C)ccc2O)cc1. The molecule has 0 unspecified atom stereocenters. The average Bonchev–Trinajstić information content (AvgIpc) is 2.74. The molecule has 0 saturated carbocycles. The van der Waals surface area contributed by atoms with Crippen LogP contribution >= 0.6 is 0 Å². The monoisotopic (exact) mass is 422 g/mol. The van der Waals surface area contributed by atoms with Gasteiger partial charge in [-0.3, -0.25) is 0 Å². The van der Waals surface area contributed by atoms with Crippen molar-refractivity contribution in [2.45, 2.75) is 26.7 Å². The normalized spacial score (nSPS) is 10.6. The van der Waals surface area contributed by atoms with Crippen molar-refractivity contribution in [2.24, 2.45) is 10.2 Å². The molecule has 0 spiro atoms. The third kappa shape index (κ3) is 7.89. The molecule has 7 heteroatoms. The summed E-state index contributed by atoms with van der Waals surface area (Å²) in [4.78, 5) is 22.8. The maximum absolute atomic E-state index is 11.4. The van der Waals surface area contributed by atoms with E-state index in [-0.39, 0.29) is 19.0 Å². The number of esters is 2. The van der Waals surface area contributed by atoms with Crippen molar-refractivity contribution >= 4 is 23.3 Å². The summed E-state index contributed by atoms with van der Waals surface area (Å²) in [6.07, 6.45) is 1.06. The minimum atomic E-state index is -0.434. The Kier molecular flexibility index (Phi) is 8.69. The van der Waals surface area contributed by atoms with Gasteiger partial charge in [0.05, 0.1) is 18.9 Å². The van der Waals surface area contributed by atoms with Crippen LogP contribution in [-0.4, -0.2) is 30.3 Å². The van der Waals surface area contributed by atoms with Crippen LogP contribution in [0.2, 0.25) is 0 Å². The summed E-state index contributed by atoms with van der Waals surface area (Å²) in [6, 6.07) is 12.3. The van der Waals surface area contributed by atoms with E-state index in [1.54, 1.807) is 38.1 Å². The Morgan fingerprint density at radius 3 is 1.90 bits per heavy atom. The molecular weight excluding hydrogens is 396 g/mol. The topological polar surface area (TPSA) is 97.5 Å². The first-order valence-electron chi connectivity index (χ1n) is 9.74. The van der Waals surface area contributed by atoms with Gasteiger partial charge in [-0.05, 0) is 49.2 Å². The van der Waals surface area contributed by atoms with E-state index in [1.807, 2.05) is 12.1 Å². The predicted molar refractivity (Wildman–Crippen MR) is 118 cm³/mol.